The van der Waals surface area contributed by atoms with Gasteiger partial charge in [-0.3, -0.25) is 4.79 Å². The zero-order valence-electron chi connectivity index (χ0n) is 9.98. The number of halogens is 2. The summed E-state index contributed by atoms with van der Waals surface area (Å²) < 4.78 is 4.93. The SMILES string of the molecule is COc1ccc(NC(=O)c2cc(Cl)cc(Cl)c2)cn1. The van der Waals surface area contributed by atoms with Crippen molar-refractivity contribution in [3.8, 4) is 5.88 Å². The molecule has 0 unspecified atom stereocenters. The number of benzene rings is 1. The molecule has 0 spiro atoms. The molecule has 0 atom stereocenters. The van der Waals surface area contributed by atoms with Crippen molar-refractivity contribution >= 4 is 34.8 Å². The number of methoxy groups -OCH3 is 1. The van der Waals surface area contributed by atoms with Crippen molar-refractivity contribution in [2.75, 3.05) is 12.4 Å². The van der Waals surface area contributed by atoms with Gasteiger partial charge in [0.1, 0.15) is 0 Å². The number of carbonyl (C=O) groups excluding carboxylic acids is 1. The summed E-state index contributed by atoms with van der Waals surface area (Å²) >= 11 is 11.7. The average molecular weight is 297 g/mol. The quantitative estimate of drug-likeness (QED) is 0.940. The molecule has 0 bridgehead atoms. The molecule has 98 valence electrons. The fraction of sp³-hybridized carbons (Fsp3) is 0.0769. The van der Waals surface area contributed by atoms with Gasteiger partial charge in [-0.05, 0) is 24.3 Å². The van der Waals surface area contributed by atoms with Gasteiger partial charge in [0.05, 0.1) is 19.0 Å². The number of anilines is 1. The van der Waals surface area contributed by atoms with Crippen molar-refractivity contribution in [1.82, 2.24) is 4.98 Å². The Morgan fingerprint density at radius 3 is 2.42 bits per heavy atom. The second-order valence-electron chi connectivity index (χ2n) is 3.70. The van der Waals surface area contributed by atoms with Crippen molar-refractivity contribution in [3.05, 3.63) is 52.1 Å². The molecule has 0 aliphatic heterocycles. The fourth-order valence-electron chi connectivity index (χ4n) is 1.46. The normalized spacial score (nSPS) is 10.1. The van der Waals surface area contributed by atoms with E-state index >= 15 is 0 Å². The average Bonchev–Trinajstić information content (AvgIpc) is 2.38. The van der Waals surface area contributed by atoms with Gasteiger partial charge in [0.15, 0.2) is 0 Å². The van der Waals surface area contributed by atoms with E-state index in [1.165, 1.54) is 13.3 Å². The highest BCUT2D eigenvalue weighted by molar-refractivity contribution is 6.35. The predicted octanol–water partition coefficient (Wildman–Crippen LogP) is 3.65. The van der Waals surface area contributed by atoms with Gasteiger partial charge in [0, 0.05) is 21.7 Å². The molecular weight excluding hydrogens is 287 g/mol. The first kappa shape index (κ1) is 13.6. The standard InChI is InChI=1S/C13H10Cl2N2O2/c1-19-12-3-2-11(7-16-12)17-13(18)8-4-9(14)6-10(15)5-8/h2-7H,1H3,(H,17,18). The number of hydrogen-bond donors (Lipinski definition) is 1. The second-order valence-corrected chi connectivity index (χ2v) is 4.57. The minimum Gasteiger partial charge on any atom is -0.481 e. The monoisotopic (exact) mass is 296 g/mol. The molecule has 1 amide bonds. The first-order valence-electron chi connectivity index (χ1n) is 5.36. The maximum atomic E-state index is 12.0. The molecule has 0 aliphatic rings. The van der Waals surface area contributed by atoms with Gasteiger partial charge in [0.2, 0.25) is 5.88 Å². The van der Waals surface area contributed by atoms with Crippen LogP contribution in [0.25, 0.3) is 0 Å². The third-order valence-corrected chi connectivity index (χ3v) is 2.76. The Balaban J connectivity index is 2.15. The van der Waals surface area contributed by atoms with Gasteiger partial charge < -0.3 is 10.1 Å². The molecule has 19 heavy (non-hydrogen) atoms. The number of carbonyl (C=O) groups is 1. The minimum absolute atomic E-state index is 0.309. The van der Waals surface area contributed by atoms with E-state index in [9.17, 15) is 4.79 Å². The lowest BCUT2D eigenvalue weighted by Gasteiger charge is -2.06. The summed E-state index contributed by atoms with van der Waals surface area (Å²) in [7, 11) is 1.52. The highest BCUT2D eigenvalue weighted by atomic mass is 35.5. The summed E-state index contributed by atoms with van der Waals surface area (Å²) in [4.78, 5) is 16.0. The van der Waals surface area contributed by atoms with Crippen LogP contribution in [-0.2, 0) is 0 Å². The zero-order chi connectivity index (χ0) is 13.8. The molecule has 0 radical (unpaired) electrons. The number of amides is 1. The van der Waals surface area contributed by atoms with Crippen LogP contribution in [-0.4, -0.2) is 18.0 Å². The molecule has 2 rings (SSSR count). The number of nitrogens with zero attached hydrogens (tertiary/aromatic N) is 1. The lowest BCUT2D eigenvalue weighted by atomic mass is 10.2. The van der Waals surface area contributed by atoms with E-state index in [0.29, 0.717) is 27.2 Å². The van der Waals surface area contributed by atoms with Gasteiger partial charge in [-0.25, -0.2) is 4.98 Å². The van der Waals surface area contributed by atoms with E-state index < -0.39 is 0 Å². The molecule has 1 aromatic carbocycles. The first-order valence-corrected chi connectivity index (χ1v) is 6.11. The van der Waals surface area contributed by atoms with Crippen molar-refractivity contribution < 1.29 is 9.53 Å². The van der Waals surface area contributed by atoms with Crippen LogP contribution in [0.5, 0.6) is 5.88 Å². The number of hydrogen-bond acceptors (Lipinski definition) is 3. The van der Waals surface area contributed by atoms with Gasteiger partial charge in [0.25, 0.3) is 5.91 Å². The highest BCUT2D eigenvalue weighted by Gasteiger charge is 2.08. The maximum Gasteiger partial charge on any atom is 0.255 e. The Kier molecular flexibility index (Phi) is 4.24. The van der Waals surface area contributed by atoms with E-state index in [1.807, 2.05) is 0 Å². The molecule has 0 fully saturated rings. The van der Waals surface area contributed by atoms with Crippen molar-refractivity contribution in [2.24, 2.45) is 0 Å². The van der Waals surface area contributed by atoms with Crippen LogP contribution in [0.4, 0.5) is 5.69 Å². The van der Waals surface area contributed by atoms with E-state index in [0.717, 1.165) is 0 Å². The third-order valence-electron chi connectivity index (χ3n) is 2.33. The van der Waals surface area contributed by atoms with Crippen LogP contribution in [0.1, 0.15) is 10.4 Å². The molecule has 2 aromatic rings. The smallest absolute Gasteiger partial charge is 0.255 e. The summed E-state index contributed by atoms with van der Waals surface area (Å²) in [6, 6.07) is 7.99. The molecule has 1 N–H and O–H groups in total. The highest BCUT2D eigenvalue weighted by Crippen LogP contribution is 2.20. The summed E-state index contributed by atoms with van der Waals surface area (Å²) in [5.41, 5.74) is 0.940. The van der Waals surface area contributed by atoms with E-state index in [-0.39, 0.29) is 5.91 Å². The lowest BCUT2D eigenvalue weighted by molar-refractivity contribution is 0.102. The first-order chi connectivity index (χ1) is 9.08. The summed E-state index contributed by atoms with van der Waals surface area (Å²) in [6.45, 7) is 0. The van der Waals surface area contributed by atoms with E-state index in [1.54, 1.807) is 30.3 Å². The number of pyridine rings is 1. The van der Waals surface area contributed by atoms with Crippen molar-refractivity contribution in [2.45, 2.75) is 0 Å². The van der Waals surface area contributed by atoms with Crippen molar-refractivity contribution in [1.29, 1.82) is 0 Å². The van der Waals surface area contributed by atoms with Gasteiger partial charge in [-0.15, -0.1) is 0 Å². The zero-order valence-corrected chi connectivity index (χ0v) is 11.5. The molecule has 1 heterocycles. The van der Waals surface area contributed by atoms with Gasteiger partial charge >= 0.3 is 0 Å². The topological polar surface area (TPSA) is 51.2 Å². The molecular formula is C13H10Cl2N2O2. The van der Waals surface area contributed by atoms with Crippen LogP contribution in [0.2, 0.25) is 10.0 Å². The lowest BCUT2D eigenvalue weighted by Crippen LogP contribution is -2.12. The second kappa shape index (κ2) is 5.91. The fourth-order valence-corrected chi connectivity index (χ4v) is 1.99. The van der Waals surface area contributed by atoms with Crippen LogP contribution in [0.3, 0.4) is 0 Å². The Labute approximate surface area is 120 Å². The molecule has 0 aliphatic carbocycles. The van der Waals surface area contributed by atoms with Gasteiger partial charge in [-0.2, -0.15) is 0 Å². The van der Waals surface area contributed by atoms with E-state index in [2.05, 4.69) is 10.3 Å². The summed E-state index contributed by atoms with van der Waals surface area (Å²) in [6.07, 6.45) is 1.50. The molecule has 0 saturated carbocycles. The molecule has 1 aromatic heterocycles. The molecule has 0 saturated heterocycles. The number of ether oxygens (including phenoxy) is 1. The van der Waals surface area contributed by atoms with Crippen LogP contribution < -0.4 is 10.1 Å². The number of nitrogens with one attached hydrogen (secondary N) is 1. The Hall–Kier alpha value is -1.78. The Bertz CT molecular complexity index is 580. The Morgan fingerprint density at radius 2 is 1.89 bits per heavy atom. The molecule has 4 nitrogen and oxygen atoms in total. The predicted molar refractivity (Wildman–Crippen MR) is 75.2 cm³/mol. The number of aromatic nitrogens is 1. The van der Waals surface area contributed by atoms with Crippen LogP contribution >= 0.6 is 23.2 Å². The Morgan fingerprint density at radius 1 is 1.21 bits per heavy atom. The third kappa shape index (κ3) is 3.59. The maximum absolute atomic E-state index is 12.0. The van der Waals surface area contributed by atoms with E-state index in [4.69, 9.17) is 27.9 Å². The minimum atomic E-state index is -0.309. The molecule has 6 heteroatoms. The summed E-state index contributed by atoms with van der Waals surface area (Å²) in [5, 5.41) is 3.51. The van der Waals surface area contributed by atoms with Crippen molar-refractivity contribution in [3.63, 3.8) is 0 Å². The van der Waals surface area contributed by atoms with Crippen LogP contribution in [0.15, 0.2) is 36.5 Å². The van der Waals surface area contributed by atoms with Crippen LogP contribution in [0, 0.1) is 0 Å². The number of rotatable bonds is 3. The summed E-state index contributed by atoms with van der Waals surface area (Å²) in [5.74, 6) is 0.167. The largest absolute Gasteiger partial charge is 0.481 e. The van der Waals surface area contributed by atoms with Gasteiger partial charge in [-0.1, -0.05) is 23.2 Å².